The minimum Gasteiger partial charge on any atom is -0.444 e. The van der Waals surface area contributed by atoms with Crippen LogP contribution >= 0.6 is 11.6 Å². The molecule has 0 bridgehead atoms. The van der Waals surface area contributed by atoms with Crippen LogP contribution in [0.25, 0.3) is 11.3 Å². The van der Waals surface area contributed by atoms with Crippen LogP contribution in [0.3, 0.4) is 0 Å². The van der Waals surface area contributed by atoms with E-state index in [2.05, 4.69) is 10.5 Å². The number of hydrogen-bond acceptors (Lipinski definition) is 5. The third-order valence-corrected chi connectivity index (χ3v) is 5.08. The zero-order chi connectivity index (χ0) is 22.8. The maximum atomic E-state index is 14.3. The predicted octanol–water partition coefficient (Wildman–Crippen LogP) is 4.96. The zero-order valence-corrected chi connectivity index (χ0v) is 18.9. The molecule has 1 aliphatic rings. The summed E-state index contributed by atoms with van der Waals surface area (Å²) >= 11 is 6.12. The maximum absolute atomic E-state index is 14.3. The fourth-order valence-corrected chi connectivity index (χ4v) is 3.46. The van der Waals surface area contributed by atoms with Gasteiger partial charge in [0.25, 0.3) is 5.91 Å². The van der Waals surface area contributed by atoms with E-state index in [9.17, 15) is 14.0 Å². The fraction of sp³-hybridized carbons (Fsp3) is 0.500. The quantitative estimate of drug-likeness (QED) is 0.601. The van der Waals surface area contributed by atoms with E-state index in [0.717, 1.165) is 12.8 Å². The lowest BCUT2D eigenvalue weighted by Gasteiger charge is -2.27. The number of ether oxygens (including phenoxy) is 1. The Hall–Kier alpha value is -2.61. The van der Waals surface area contributed by atoms with Crippen molar-refractivity contribution < 1.29 is 23.2 Å². The van der Waals surface area contributed by atoms with Gasteiger partial charge in [-0.15, -0.1) is 0 Å². The summed E-state index contributed by atoms with van der Waals surface area (Å²) in [5.41, 5.74) is -0.338. The number of amides is 2. The van der Waals surface area contributed by atoms with Crippen LogP contribution in [0.15, 0.2) is 22.7 Å². The monoisotopic (exact) mass is 451 g/mol. The van der Waals surface area contributed by atoms with Gasteiger partial charge in [-0.2, -0.15) is 0 Å². The number of rotatable bonds is 7. The van der Waals surface area contributed by atoms with Crippen molar-refractivity contribution in [3.05, 3.63) is 40.4 Å². The van der Waals surface area contributed by atoms with E-state index < -0.39 is 17.3 Å². The average Bonchev–Trinajstić information content (AvgIpc) is 3.42. The third-order valence-electron chi connectivity index (χ3n) is 4.77. The van der Waals surface area contributed by atoms with Crippen molar-refractivity contribution in [3.8, 4) is 11.3 Å². The van der Waals surface area contributed by atoms with Gasteiger partial charge in [0.05, 0.1) is 10.6 Å². The molecule has 168 valence electrons. The Morgan fingerprint density at radius 2 is 2.06 bits per heavy atom. The number of carbonyl (C=O) groups excluding carboxylic acids is 2. The van der Waals surface area contributed by atoms with E-state index in [-0.39, 0.29) is 39.7 Å². The first-order valence-electron chi connectivity index (χ1n) is 10.3. The third kappa shape index (κ3) is 5.76. The van der Waals surface area contributed by atoms with Crippen LogP contribution in [0.5, 0.6) is 0 Å². The molecular formula is C22H27ClFN3O4. The van der Waals surface area contributed by atoms with Crippen LogP contribution in [0, 0.1) is 12.7 Å². The molecule has 0 unspecified atom stereocenters. The number of carbonyl (C=O) groups is 2. The number of benzene rings is 1. The van der Waals surface area contributed by atoms with Crippen molar-refractivity contribution in [1.82, 2.24) is 15.4 Å². The molecule has 2 amide bonds. The normalized spacial score (nSPS) is 13.7. The van der Waals surface area contributed by atoms with Crippen molar-refractivity contribution >= 4 is 23.6 Å². The van der Waals surface area contributed by atoms with Gasteiger partial charge in [0.15, 0.2) is 0 Å². The lowest BCUT2D eigenvalue weighted by molar-refractivity contribution is 0.0232. The Morgan fingerprint density at radius 1 is 1.35 bits per heavy atom. The first-order valence-corrected chi connectivity index (χ1v) is 10.6. The zero-order valence-electron chi connectivity index (χ0n) is 18.1. The Kier molecular flexibility index (Phi) is 6.89. The van der Waals surface area contributed by atoms with Gasteiger partial charge in [-0.05, 0) is 59.1 Å². The number of hydrogen-bond donors (Lipinski definition) is 1. The summed E-state index contributed by atoms with van der Waals surface area (Å²) in [4.78, 5) is 26.9. The summed E-state index contributed by atoms with van der Waals surface area (Å²) in [6.07, 6.45) is 2.12. The van der Waals surface area contributed by atoms with Crippen LogP contribution in [0.2, 0.25) is 5.02 Å². The minimum atomic E-state index is -0.590. The van der Waals surface area contributed by atoms with Crippen molar-refractivity contribution in [2.75, 3.05) is 13.1 Å². The molecule has 0 saturated heterocycles. The van der Waals surface area contributed by atoms with Crippen LogP contribution in [0.4, 0.5) is 9.18 Å². The largest absolute Gasteiger partial charge is 0.444 e. The summed E-state index contributed by atoms with van der Waals surface area (Å²) in [6, 6.07) is 4.44. The van der Waals surface area contributed by atoms with Crippen molar-refractivity contribution in [1.29, 1.82) is 0 Å². The van der Waals surface area contributed by atoms with E-state index in [4.69, 9.17) is 20.9 Å². The highest BCUT2D eigenvalue weighted by Crippen LogP contribution is 2.33. The van der Waals surface area contributed by atoms with Crippen LogP contribution in [-0.4, -0.2) is 46.8 Å². The lowest BCUT2D eigenvalue weighted by Crippen LogP contribution is -2.39. The number of aryl methyl sites for hydroxylation is 1. The van der Waals surface area contributed by atoms with Gasteiger partial charge in [0, 0.05) is 19.1 Å². The Bertz CT molecular complexity index is 946. The summed E-state index contributed by atoms with van der Waals surface area (Å²) in [7, 11) is 0. The van der Waals surface area contributed by atoms with Gasteiger partial charge >= 0.3 is 6.09 Å². The van der Waals surface area contributed by atoms with Gasteiger partial charge in [-0.3, -0.25) is 4.79 Å². The average molecular weight is 452 g/mol. The van der Waals surface area contributed by atoms with Crippen LogP contribution in [-0.2, 0) is 4.74 Å². The summed E-state index contributed by atoms with van der Waals surface area (Å²) in [5, 5.41) is 6.78. The molecule has 1 saturated carbocycles. The molecule has 1 N–H and O–H groups in total. The summed E-state index contributed by atoms with van der Waals surface area (Å²) in [6.45, 7) is 7.86. The smallest absolute Gasteiger partial charge is 0.410 e. The van der Waals surface area contributed by atoms with Crippen molar-refractivity contribution in [2.45, 2.75) is 58.6 Å². The van der Waals surface area contributed by atoms with Crippen molar-refractivity contribution in [3.63, 3.8) is 0 Å². The standard InChI is InChI=1S/C22H27ClFN3O4/c1-13-17(19(26-31-13)18-15(23)7-5-8-16(18)24)20(28)25-11-6-12-27(14-9-10-14)21(29)30-22(2,3)4/h5,7-8,14H,6,9-12H2,1-4H3,(H,25,28). The van der Waals surface area contributed by atoms with Gasteiger partial charge in [0.2, 0.25) is 0 Å². The summed E-state index contributed by atoms with van der Waals surface area (Å²) in [5.74, 6) is -0.768. The van der Waals surface area contributed by atoms with E-state index in [1.165, 1.54) is 18.2 Å². The Balaban J connectivity index is 1.62. The van der Waals surface area contributed by atoms with Crippen molar-refractivity contribution in [2.24, 2.45) is 0 Å². The van der Waals surface area contributed by atoms with E-state index in [1.807, 2.05) is 20.8 Å². The number of nitrogens with one attached hydrogen (secondary N) is 1. The Morgan fingerprint density at radius 3 is 2.68 bits per heavy atom. The van der Waals surface area contributed by atoms with E-state index in [0.29, 0.717) is 19.5 Å². The SMILES string of the molecule is Cc1onc(-c2c(F)cccc2Cl)c1C(=O)NCCCN(C(=O)OC(C)(C)C)C1CC1. The van der Waals surface area contributed by atoms with Crippen LogP contribution in [0.1, 0.15) is 56.2 Å². The topological polar surface area (TPSA) is 84.7 Å². The van der Waals surface area contributed by atoms with Gasteiger partial charge < -0.3 is 19.5 Å². The molecule has 0 atom stereocenters. The minimum absolute atomic E-state index is 0.0241. The molecule has 0 aliphatic heterocycles. The van der Waals surface area contributed by atoms with Crippen LogP contribution < -0.4 is 5.32 Å². The molecule has 1 fully saturated rings. The second kappa shape index (κ2) is 9.26. The van der Waals surface area contributed by atoms with Gasteiger partial charge in [-0.1, -0.05) is 22.8 Å². The second-order valence-corrected chi connectivity index (χ2v) is 8.98. The van der Waals surface area contributed by atoms with E-state index in [1.54, 1.807) is 11.8 Å². The second-order valence-electron chi connectivity index (χ2n) is 8.57. The number of halogens is 2. The molecular weight excluding hydrogens is 425 g/mol. The highest BCUT2D eigenvalue weighted by atomic mass is 35.5. The molecule has 2 aromatic rings. The molecule has 9 heteroatoms. The lowest BCUT2D eigenvalue weighted by atomic mass is 10.0. The highest BCUT2D eigenvalue weighted by Gasteiger charge is 2.35. The first kappa shape index (κ1) is 23.1. The Labute approximate surface area is 185 Å². The van der Waals surface area contributed by atoms with Gasteiger partial charge in [-0.25, -0.2) is 9.18 Å². The molecule has 7 nitrogen and oxygen atoms in total. The molecule has 1 heterocycles. The molecule has 1 aromatic carbocycles. The molecule has 31 heavy (non-hydrogen) atoms. The van der Waals surface area contributed by atoms with Gasteiger partial charge in [0.1, 0.15) is 28.4 Å². The molecule has 3 rings (SSSR count). The highest BCUT2D eigenvalue weighted by molar-refractivity contribution is 6.33. The fourth-order valence-electron chi connectivity index (χ4n) is 3.20. The maximum Gasteiger partial charge on any atom is 0.410 e. The predicted molar refractivity (Wildman–Crippen MR) is 115 cm³/mol. The molecule has 1 aromatic heterocycles. The first-order chi connectivity index (χ1) is 14.6. The molecule has 1 aliphatic carbocycles. The molecule has 0 radical (unpaired) electrons. The molecule has 0 spiro atoms. The summed E-state index contributed by atoms with van der Waals surface area (Å²) < 4.78 is 24.9. The number of nitrogens with zero attached hydrogens (tertiary/aromatic N) is 2. The number of aromatic nitrogens is 1. The van der Waals surface area contributed by atoms with E-state index >= 15 is 0 Å².